The van der Waals surface area contributed by atoms with Gasteiger partial charge in [-0.1, -0.05) is 15.9 Å². The molecule has 0 fully saturated rings. The molecule has 2 aromatic carbocycles. The van der Waals surface area contributed by atoms with Crippen LogP contribution in [-0.4, -0.2) is 19.8 Å². The Balaban J connectivity index is 1.82. The molecule has 0 spiro atoms. The van der Waals surface area contributed by atoms with Crippen LogP contribution < -0.4 is 19.5 Å². The van der Waals surface area contributed by atoms with Gasteiger partial charge < -0.3 is 19.5 Å². The fourth-order valence-electron chi connectivity index (χ4n) is 2.22. The molecule has 0 aliphatic carbocycles. The Labute approximate surface area is 152 Å². The molecule has 3 rings (SSSR count). The van der Waals surface area contributed by atoms with Crippen LogP contribution in [0.4, 0.5) is 5.69 Å². The Morgan fingerprint density at radius 1 is 1.28 bits per heavy atom. The molecule has 0 saturated carbocycles. The first-order valence-corrected chi connectivity index (χ1v) is 8.06. The van der Waals surface area contributed by atoms with Gasteiger partial charge in [-0.15, -0.1) is 0 Å². The normalized spacial score (nSPS) is 12.4. The monoisotopic (exact) mass is 400 g/mol. The Bertz CT molecular complexity index is 885. The number of hydrogen-bond acceptors (Lipinski definition) is 5. The quantitative estimate of drug-likeness (QED) is 0.624. The number of halogens is 1. The third kappa shape index (κ3) is 3.75. The summed E-state index contributed by atoms with van der Waals surface area (Å²) in [7, 11) is 1.56. The highest BCUT2D eigenvalue weighted by Crippen LogP contribution is 2.37. The molecule has 1 N–H and O–H groups in total. The van der Waals surface area contributed by atoms with Crippen LogP contribution in [0.2, 0.25) is 0 Å². The number of carbonyl (C=O) groups excluding carboxylic acids is 1. The van der Waals surface area contributed by atoms with Gasteiger partial charge in [0, 0.05) is 10.2 Å². The van der Waals surface area contributed by atoms with Gasteiger partial charge in [0.1, 0.15) is 17.4 Å². The summed E-state index contributed by atoms with van der Waals surface area (Å²) >= 11 is 3.40. The van der Waals surface area contributed by atoms with Crippen LogP contribution in [0.3, 0.4) is 0 Å². The van der Waals surface area contributed by atoms with Crippen LogP contribution in [-0.2, 0) is 4.79 Å². The number of methoxy groups -OCH3 is 1. The second kappa shape index (κ2) is 7.28. The number of ether oxygens (including phenoxy) is 3. The summed E-state index contributed by atoms with van der Waals surface area (Å²) < 4.78 is 16.4. The molecule has 126 valence electrons. The molecule has 0 unspecified atom stereocenters. The number of carbonyl (C=O) groups is 1. The summed E-state index contributed by atoms with van der Waals surface area (Å²) in [5.74, 6) is 1.36. The van der Waals surface area contributed by atoms with Crippen molar-refractivity contribution in [2.75, 3.05) is 19.2 Å². The second-order valence-electron chi connectivity index (χ2n) is 5.08. The van der Waals surface area contributed by atoms with Gasteiger partial charge in [0.15, 0.2) is 11.5 Å². The van der Waals surface area contributed by atoms with Crippen LogP contribution in [0.15, 0.2) is 46.4 Å². The van der Waals surface area contributed by atoms with E-state index in [2.05, 4.69) is 21.2 Å². The lowest BCUT2D eigenvalue weighted by Gasteiger charge is -2.06. The minimum atomic E-state index is -0.503. The SMILES string of the molecule is COc1ccc(NC(=O)C(C#N)=Cc2cc3c(cc2Br)OCO3)cc1. The first-order valence-electron chi connectivity index (χ1n) is 7.27. The fourth-order valence-corrected chi connectivity index (χ4v) is 2.66. The summed E-state index contributed by atoms with van der Waals surface area (Å²) in [4.78, 5) is 12.3. The van der Waals surface area contributed by atoms with Gasteiger partial charge in [-0.2, -0.15) is 5.26 Å². The summed E-state index contributed by atoms with van der Waals surface area (Å²) in [5.41, 5.74) is 1.18. The molecule has 1 aliphatic heterocycles. The predicted octanol–water partition coefficient (Wildman–Crippen LogP) is 3.73. The summed E-state index contributed by atoms with van der Waals surface area (Å²) in [5, 5.41) is 12.0. The molecule has 0 aromatic heterocycles. The highest BCUT2D eigenvalue weighted by Gasteiger charge is 2.17. The number of nitrogens with zero attached hydrogens (tertiary/aromatic N) is 1. The molecule has 1 aliphatic rings. The van der Waals surface area contributed by atoms with Crippen molar-refractivity contribution in [3.8, 4) is 23.3 Å². The van der Waals surface area contributed by atoms with Gasteiger partial charge in [-0.25, -0.2) is 0 Å². The number of anilines is 1. The molecule has 1 heterocycles. The first kappa shape index (κ1) is 16.9. The number of amides is 1. The van der Waals surface area contributed by atoms with Gasteiger partial charge in [0.05, 0.1) is 7.11 Å². The summed E-state index contributed by atoms with van der Waals surface area (Å²) in [6, 6.07) is 12.2. The van der Waals surface area contributed by atoms with Crippen LogP contribution in [0, 0.1) is 11.3 Å². The van der Waals surface area contributed by atoms with Crippen LogP contribution >= 0.6 is 15.9 Å². The zero-order valence-corrected chi connectivity index (χ0v) is 14.8. The summed E-state index contributed by atoms with van der Waals surface area (Å²) in [6.45, 7) is 0.151. The van der Waals surface area contributed by atoms with Gasteiger partial charge in [-0.05, 0) is 48.0 Å². The van der Waals surface area contributed by atoms with Crippen LogP contribution in [0.5, 0.6) is 17.2 Å². The molecule has 0 bridgehead atoms. The lowest BCUT2D eigenvalue weighted by Crippen LogP contribution is -2.13. The van der Waals surface area contributed by atoms with Crippen molar-refractivity contribution in [1.82, 2.24) is 0 Å². The largest absolute Gasteiger partial charge is 0.497 e. The van der Waals surface area contributed by atoms with Crippen LogP contribution in [0.25, 0.3) is 6.08 Å². The van der Waals surface area contributed by atoms with Gasteiger partial charge >= 0.3 is 0 Å². The number of nitriles is 1. The van der Waals surface area contributed by atoms with E-state index in [1.807, 2.05) is 6.07 Å². The Kier molecular flexibility index (Phi) is 4.91. The highest BCUT2D eigenvalue weighted by atomic mass is 79.9. The number of nitrogens with one attached hydrogen (secondary N) is 1. The topological polar surface area (TPSA) is 80.6 Å². The van der Waals surface area contributed by atoms with Crippen molar-refractivity contribution < 1.29 is 19.0 Å². The maximum atomic E-state index is 12.3. The molecule has 25 heavy (non-hydrogen) atoms. The van der Waals surface area contributed by atoms with Crippen molar-refractivity contribution in [3.05, 3.63) is 52.0 Å². The third-order valence-corrected chi connectivity index (χ3v) is 4.19. The van der Waals surface area contributed by atoms with E-state index in [1.165, 1.54) is 6.08 Å². The fraction of sp³-hybridized carbons (Fsp3) is 0.111. The van der Waals surface area contributed by atoms with Crippen molar-refractivity contribution in [3.63, 3.8) is 0 Å². The van der Waals surface area contributed by atoms with Gasteiger partial charge in [-0.3, -0.25) is 4.79 Å². The molecule has 0 atom stereocenters. The van der Waals surface area contributed by atoms with Crippen molar-refractivity contribution in [1.29, 1.82) is 5.26 Å². The van der Waals surface area contributed by atoms with E-state index in [0.29, 0.717) is 33.0 Å². The maximum absolute atomic E-state index is 12.3. The highest BCUT2D eigenvalue weighted by molar-refractivity contribution is 9.10. The standard InChI is InChI=1S/C18H13BrN2O4/c1-23-14-4-2-13(3-5-14)21-18(22)12(9-20)6-11-7-16-17(8-15(11)19)25-10-24-16/h2-8H,10H2,1H3,(H,21,22). The van der Waals surface area contributed by atoms with Crippen molar-refractivity contribution in [2.24, 2.45) is 0 Å². The lowest BCUT2D eigenvalue weighted by atomic mass is 10.1. The summed E-state index contributed by atoms with van der Waals surface area (Å²) in [6.07, 6.45) is 1.49. The van der Waals surface area contributed by atoms with E-state index >= 15 is 0 Å². The molecule has 0 radical (unpaired) electrons. The number of rotatable bonds is 4. The predicted molar refractivity (Wildman–Crippen MR) is 95.5 cm³/mol. The molecule has 6 nitrogen and oxygen atoms in total. The molecule has 7 heteroatoms. The van der Waals surface area contributed by atoms with Gasteiger partial charge in [0.2, 0.25) is 6.79 Å². The third-order valence-electron chi connectivity index (χ3n) is 3.50. The Morgan fingerprint density at radius 2 is 1.96 bits per heavy atom. The smallest absolute Gasteiger partial charge is 0.266 e. The van der Waals surface area contributed by atoms with E-state index in [9.17, 15) is 10.1 Å². The van der Waals surface area contributed by atoms with E-state index in [0.717, 1.165) is 0 Å². The zero-order chi connectivity index (χ0) is 17.8. The van der Waals surface area contributed by atoms with Crippen molar-refractivity contribution in [2.45, 2.75) is 0 Å². The molecule has 1 amide bonds. The van der Waals surface area contributed by atoms with E-state index < -0.39 is 5.91 Å². The van der Waals surface area contributed by atoms with Crippen molar-refractivity contribution >= 4 is 33.6 Å². The molecular formula is C18H13BrN2O4. The minimum Gasteiger partial charge on any atom is -0.497 e. The molecule has 0 saturated heterocycles. The molecular weight excluding hydrogens is 388 g/mol. The number of hydrogen-bond donors (Lipinski definition) is 1. The Morgan fingerprint density at radius 3 is 2.60 bits per heavy atom. The van der Waals surface area contributed by atoms with E-state index in [4.69, 9.17) is 14.2 Å². The first-order chi connectivity index (χ1) is 12.1. The number of fused-ring (bicyclic) bond motifs is 1. The second-order valence-corrected chi connectivity index (χ2v) is 5.93. The van der Waals surface area contributed by atoms with Crippen LogP contribution in [0.1, 0.15) is 5.56 Å². The number of benzene rings is 2. The Hall–Kier alpha value is -2.98. The zero-order valence-electron chi connectivity index (χ0n) is 13.2. The molecule has 2 aromatic rings. The maximum Gasteiger partial charge on any atom is 0.266 e. The average Bonchev–Trinajstić information content (AvgIpc) is 3.07. The van der Waals surface area contributed by atoms with E-state index in [1.54, 1.807) is 43.5 Å². The minimum absolute atomic E-state index is 0.0321. The average molecular weight is 401 g/mol. The van der Waals surface area contributed by atoms with Gasteiger partial charge in [0.25, 0.3) is 5.91 Å². The lowest BCUT2D eigenvalue weighted by molar-refractivity contribution is -0.112. The van der Waals surface area contributed by atoms with E-state index in [-0.39, 0.29) is 12.4 Å².